The standard InChI is InChI=1S/C17H18N8O2S2/c18-8-3-9-20-17-21-15-11(5-1-6-12(15)28-17)10-4-2-7-13(29(19,26)27)14(10)16-22-24-25-23-16/h1-2,4-7H,3,8-9,18H2,(H,20,21)(H2,19,26,27)(H,22,23,24,25). The first-order chi connectivity index (χ1) is 14.0. The van der Waals surface area contributed by atoms with E-state index in [1.165, 1.54) is 17.4 Å². The molecule has 6 N–H and O–H groups in total. The minimum absolute atomic E-state index is 0.0788. The number of H-pyrrole nitrogens is 1. The van der Waals surface area contributed by atoms with Crippen molar-refractivity contribution in [2.24, 2.45) is 10.9 Å². The fourth-order valence-electron chi connectivity index (χ4n) is 3.03. The molecule has 0 spiro atoms. The van der Waals surface area contributed by atoms with Crippen LogP contribution < -0.4 is 16.2 Å². The van der Waals surface area contributed by atoms with Gasteiger partial charge in [0, 0.05) is 12.1 Å². The van der Waals surface area contributed by atoms with E-state index < -0.39 is 10.0 Å². The molecule has 10 nitrogen and oxygen atoms in total. The highest BCUT2D eigenvalue weighted by atomic mass is 32.2. The molecule has 0 saturated heterocycles. The lowest BCUT2D eigenvalue weighted by molar-refractivity contribution is 0.598. The average Bonchev–Trinajstić information content (AvgIpc) is 3.36. The summed E-state index contributed by atoms with van der Waals surface area (Å²) in [6.45, 7) is 1.32. The van der Waals surface area contributed by atoms with Crippen molar-refractivity contribution in [2.45, 2.75) is 11.3 Å². The van der Waals surface area contributed by atoms with E-state index in [2.05, 4.69) is 25.9 Å². The molecule has 2 aromatic heterocycles. The Bertz CT molecular complexity index is 1250. The Morgan fingerprint density at radius 1 is 1.14 bits per heavy atom. The van der Waals surface area contributed by atoms with Gasteiger partial charge < -0.3 is 11.1 Å². The number of aromatic amines is 1. The van der Waals surface area contributed by atoms with Gasteiger partial charge in [0.05, 0.1) is 20.7 Å². The molecule has 0 amide bonds. The Balaban J connectivity index is 1.92. The van der Waals surface area contributed by atoms with E-state index in [1.54, 1.807) is 12.1 Å². The Hall–Kier alpha value is -2.93. The SMILES string of the molecule is NCCCNc1nc2c(-c3cccc(S(N)(=O)=O)c3-c3nn[nH]n3)cccc2s1. The van der Waals surface area contributed by atoms with Crippen LogP contribution in [-0.4, -0.2) is 47.1 Å². The van der Waals surface area contributed by atoms with Crippen molar-refractivity contribution in [1.29, 1.82) is 0 Å². The Morgan fingerprint density at radius 2 is 1.93 bits per heavy atom. The van der Waals surface area contributed by atoms with Crippen LogP contribution in [-0.2, 0) is 10.0 Å². The minimum Gasteiger partial charge on any atom is -0.361 e. The first-order valence-corrected chi connectivity index (χ1v) is 11.1. The van der Waals surface area contributed by atoms with E-state index >= 15 is 0 Å². The number of thiazole rings is 1. The number of nitrogens with one attached hydrogen (secondary N) is 2. The summed E-state index contributed by atoms with van der Waals surface area (Å²) in [6.07, 6.45) is 0.834. The van der Waals surface area contributed by atoms with E-state index in [-0.39, 0.29) is 16.3 Å². The quantitative estimate of drug-likeness (QED) is 0.320. The Labute approximate surface area is 170 Å². The number of primary sulfonamides is 1. The van der Waals surface area contributed by atoms with Crippen LogP contribution in [0.1, 0.15) is 6.42 Å². The topological polar surface area (TPSA) is 166 Å². The van der Waals surface area contributed by atoms with Crippen LogP contribution in [0.2, 0.25) is 0 Å². The van der Waals surface area contributed by atoms with Crippen molar-refractivity contribution < 1.29 is 8.42 Å². The number of sulfonamides is 1. The van der Waals surface area contributed by atoms with E-state index in [0.29, 0.717) is 12.1 Å². The molecule has 0 unspecified atom stereocenters. The van der Waals surface area contributed by atoms with Gasteiger partial charge in [0.15, 0.2) is 5.13 Å². The molecule has 12 heteroatoms. The normalized spacial score (nSPS) is 11.8. The van der Waals surface area contributed by atoms with Crippen LogP contribution >= 0.6 is 11.3 Å². The first-order valence-electron chi connectivity index (χ1n) is 8.72. The average molecular weight is 431 g/mol. The smallest absolute Gasteiger partial charge is 0.238 e. The number of hydrogen-bond donors (Lipinski definition) is 4. The van der Waals surface area contributed by atoms with Crippen LogP contribution in [0.5, 0.6) is 0 Å². The van der Waals surface area contributed by atoms with Gasteiger partial charge in [-0.3, -0.25) is 0 Å². The van der Waals surface area contributed by atoms with Crippen molar-refractivity contribution in [2.75, 3.05) is 18.4 Å². The van der Waals surface area contributed by atoms with E-state index in [0.717, 1.165) is 33.9 Å². The number of nitrogens with two attached hydrogens (primary N) is 2. The molecular weight excluding hydrogens is 412 g/mol. The largest absolute Gasteiger partial charge is 0.361 e. The zero-order valence-electron chi connectivity index (χ0n) is 15.2. The molecule has 2 heterocycles. The van der Waals surface area contributed by atoms with E-state index in [1.807, 2.05) is 18.2 Å². The van der Waals surface area contributed by atoms with Gasteiger partial charge in [-0.2, -0.15) is 5.21 Å². The molecule has 0 fully saturated rings. The van der Waals surface area contributed by atoms with Gasteiger partial charge in [-0.05, 0) is 35.9 Å². The van der Waals surface area contributed by atoms with Crippen molar-refractivity contribution >= 4 is 36.7 Å². The first kappa shape index (κ1) is 19.4. The summed E-state index contributed by atoms with van der Waals surface area (Å²) in [5.74, 6) is 0.137. The summed E-state index contributed by atoms with van der Waals surface area (Å²) < 4.78 is 25.4. The van der Waals surface area contributed by atoms with Gasteiger partial charge in [-0.25, -0.2) is 18.5 Å². The maximum atomic E-state index is 12.2. The summed E-state index contributed by atoms with van der Waals surface area (Å²) >= 11 is 1.51. The number of nitrogens with zero attached hydrogens (tertiary/aromatic N) is 4. The monoisotopic (exact) mass is 430 g/mol. The van der Waals surface area contributed by atoms with Gasteiger partial charge in [0.25, 0.3) is 0 Å². The number of para-hydroxylation sites is 1. The van der Waals surface area contributed by atoms with Crippen molar-refractivity contribution in [1.82, 2.24) is 25.6 Å². The summed E-state index contributed by atoms with van der Waals surface area (Å²) in [5, 5.41) is 23.3. The summed E-state index contributed by atoms with van der Waals surface area (Å²) in [6, 6.07) is 10.6. The second-order valence-electron chi connectivity index (χ2n) is 6.20. The molecule has 0 bridgehead atoms. The predicted octanol–water partition coefficient (Wildman–Crippen LogP) is 1.55. The fourth-order valence-corrected chi connectivity index (χ4v) is 4.70. The summed E-state index contributed by atoms with van der Waals surface area (Å²) in [4.78, 5) is 4.62. The lowest BCUT2D eigenvalue weighted by Crippen LogP contribution is -2.14. The fraction of sp³-hybridized carbons (Fsp3) is 0.176. The van der Waals surface area contributed by atoms with E-state index in [4.69, 9.17) is 15.9 Å². The molecule has 0 saturated carbocycles. The lowest BCUT2D eigenvalue weighted by atomic mass is 9.98. The molecule has 4 aromatic rings. The van der Waals surface area contributed by atoms with Gasteiger partial charge in [-0.1, -0.05) is 35.6 Å². The number of hydrogen-bond acceptors (Lipinski definition) is 9. The van der Waals surface area contributed by atoms with Crippen LogP contribution in [0.15, 0.2) is 41.3 Å². The molecule has 2 aromatic carbocycles. The van der Waals surface area contributed by atoms with Gasteiger partial charge in [0.1, 0.15) is 0 Å². The lowest BCUT2D eigenvalue weighted by Gasteiger charge is -2.11. The molecule has 0 aliphatic heterocycles. The molecule has 0 atom stereocenters. The molecule has 0 aliphatic rings. The molecule has 0 radical (unpaired) electrons. The molecule has 29 heavy (non-hydrogen) atoms. The highest BCUT2D eigenvalue weighted by Crippen LogP contribution is 2.39. The maximum absolute atomic E-state index is 12.2. The van der Waals surface area contributed by atoms with Gasteiger partial charge in [-0.15, -0.1) is 10.2 Å². The zero-order valence-corrected chi connectivity index (χ0v) is 16.8. The van der Waals surface area contributed by atoms with Crippen molar-refractivity contribution in [3.05, 3.63) is 36.4 Å². The molecule has 150 valence electrons. The van der Waals surface area contributed by atoms with E-state index in [9.17, 15) is 8.42 Å². The third-order valence-corrected chi connectivity index (χ3v) is 6.20. The second kappa shape index (κ2) is 7.83. The highest BCUT2D eigenvalue weighted by molar-refractivity contribution is 7.89. The second-order valence-corrected chi connectivity index (χ2v) is 8.76. The Kier molecular flexibility index (Phi) is 5.24. The van der Waals surface area contributed by atoms with Crippen molar-refractivity contribution in [3.8, 4) is 22.5 Å². The number of tetrazole rings is 1. The third-order valence-electron chi connectivity index (χ3n) is 4.27. The van der Waals surface area contributed by atoms with Gasteiger partial charge in [0.2, 0.25) is 15.8 Å². The number of rotatable bonds is 7. The van der Waals surface area contributed by atoms with Crippen LogP contribution in [0, 0.1) is 0 Å². The zero-order chi connectivity index (χ0) is 20.4. The summed E-state index contributed by atoms with van der Waals surface area (Å²) in [7, 11) is -4.02. The van der Waals surface area contributed by atoms with Crippen LogP contribution in [0.4, 0.5) is 5.13 Å². The molecular formula is C17H18N8O2S2. The van der Waals surface area contributed by atoms with Gasteiger partial charge >= 0.3 is 0 Å². The Morgan fingerprint density at radius 3 is 2.66 bits per heavy atom. The number of benzene rings is 2. The highest BCUT2D eigenvalue weighted by Gasteiger charge is 2.23. The third kappa shape index (κ3) is 3.82. The van der Waals surface area contributed by atoms with Crippen molar-refractivity contribution in [3.63, 3.8) is 0 Å². The minimum atomic E-state index is -4.02. The molecule has 4 rings (SSSR count). The number of aromatic nitrogens is 5. The van der Waals surface area contributed by atoms with Crippen LogP contribution in [0.3, 0.4) is 0 Å². The number of fused-ring (bicyclic) bond motifs is 1. The molecule has 0 aliphatic carbocycles. The predicted molar refractivity (Wildman–Crippen MR) is 112 cm³/mol. The maximum Gasteiger partial charge on any atom is 0.238 e. The summed E-state index contributed by atoms with van der Waals surface area (Å²) in [5.41, 5.74) is 7.91. The number of anilines is 1. The van der Waals surface area contributed by atoms with Crippen LogP contribution in [0.25, 0.3) is 32.7 Å².